The van der Waals surface area contributed by atoms with Crippen LogP contribution in [0.2, 0.25) is 0 Å². The van der Waals surface area contributed by atoms with Crippen LogP contribution in [0.3, 0.4) is 0 Å². The Labute approximate surface area is 108 Å². The fourth-order valence-electron chi connectivity index (χ4n) is 1.35. The number of anilines is 1. The van der Waals surface area contributed by atoms with Crippen LogP contribution in [0, 0.1) is 6.92 Å². The lowest BCUT2D eigenvalue weighted by atomic mass is 10.2. The Balaban J connectivity index is 0.00000256. The van der Waals surface area contributed by atoms with Gasteiger partial charge in [-0.3, -0.25) is 4.79 Å². The lowest BCUT2D eigenvalue weighted by molar-refractivity contribution is -0.116. The third-order valence-corrected chi connectivity index (χ3v) is 2.23. The minimum Gasteiger partial charge on any atom is -0.495 e. The van der Waals surface area contributed by atoms with Crippen molar-refractivity contribution in [2.45, 2.75) is 13.3 Å². The molecule has 0 saturated heterocycles. The maximum atomic E-state index is 11.5. The van der Waals surface area contributed by atoms with Gasteiger partial charge in [0.1, 0.15) is 5.75 Å². The van der Waals surface area contributed by atoms with Gasteiger partial charge < -0.3 is 15.4 Å². The van der Waals surface area contributed by atoms with Crippen LogP contribution in [0.4, 0.5) is 5.69 Å². The van der Waals surface area contributed by atoms with E-state index < -0.39 is 0 Å². The first kappa shape index (κ1) is 15.7. The predicted octanol–water partition coefficient (Wildman–Crippen LogP) is 1.97. The maximum absolute atomic E-state index is 11.5. The molecule has 0 aliphatic rings. The molecular weight excluding hydrogens is 240 g/mol. The van der Waals surface area contributed by atoms with Crippen LogP contribution in [-0.2, 0) is 4.79 Å². The molecule has 0 heterocycles. The zero-order valence-corrected chi connectivity index (χ0v) is 11.2. The molecule has 0 atom stereocenters. The van der Waals surface area contributed by atoms with Crippen molar-refractivity contribution < 1.29 is 9.53 Å². The fourth-order valence-corrected chi connectivity index (χ4v) is 1.35. The molecule has 0 bridgehead atoms. The number of aryl methyl sites for hydroxylation is 1. The van der Waals surface area contributed by atoms with E-state index in [1.807, 2.05) is 32.2 Å². The molecule has 0 saturated carbocycles. The van der Waals surface area contributed by atoms with Crippen LogP contribution in [0.1, 0.15) is 12.0 Å². The van der Waals surface area contributed by atoms with Gasteiger partial charge in [0.2, 0.25) is 5.91 Å². The number of hydrogen-bond acceptors (Lipinski definition) is 3. The number of benzene rings is 1. The highest BCUT2D eigenvalue weighted by Crippen LogP contribution is 2.25. The minimum atomic E-state index is -0.0171. The zero-order valence-electron chi connectivity index (χ0n) is 10.4. The van der Waals surface area contributed by atoms with E-state index in [4.69, 9.17) is 4.74 Å². The summed E-state index contributed by atoms with van der Waals surface area (Å²) in [7, 11) is 3.41. The van der Waals surface area contributed by atoms with Gasteiger partial charge in [0.15, 0.2) is 0 Å². The Morgan fingerprint density at radius 2 is 2.12 bits per heavy atom. The molecule has 0 fully saturated rings. The van der Waals surface area contributed by atoms with Crippen molar-refractivity contribution >= 4 is 24.0 Å². The molecule has 17 heavy (non-hydrogen) atoms. The molecule has 0 aromatic heterocycles. The Kier molecular flexibility index (Phi) is 7.34. The van der Waals surface area contributed by atoms with Crippen LogP contribution in [0.25, 0.3) is 0 Å². The van der Waals surface area contributed by atoms with Crippen molar-refractivity contribution in [3.63, 3.8) is 0 Å². The first-order chi connectivity index (χ1) is 7.67. The quantitative estimate of drug-likeness (QED) is 0.849. The predicted molar refractivity (Wildman–Crippen MR) is 72.2 cm³/mol. The molecule has 1 aromatic rings. The average Bonchev–Trinajstić information content (AvgIpc) is 2.28. The molecule has 4 nitrogen and oxygen atoms in total. The minimum absolute atomic E-state index is 0. The Morgan fingerprint density at radius 3 is 2.71 bits per heavy atom. The summed E-state index contributed by atoms with van der Waals surface area (Å²) >= 11 is 0. The number of carbonyl (C=O) groups is 1. The van der Waals surface area contributed by atoms with Crippen molar-refractivity contribution in [2.24, 2.45) is 0 Å². The first-order valence-electron chi connectivity index (χ1n) is 5.26. The highest BCUT2D eigenvalue weighted by Gasteiger charge is 2.06. The van der Waals surface area contributed by atoms with Gasteiger partial charge in [-0.15, -0.1) is 12.4 Å². The lowest BCUT2D eigenvalue weighted by Gasteiger charge is -2.10. The van der Waals surface area contributed by atoms with Gasteiger partial charge in [0.25, 0.3) is 0 Å². The Hall–Kier alpha value is -1.26. The summed E-state index contributed by atoms with van der Waals surface area (Å²) in [6, 6.07) is 5.69. The largest absolute Gasteiger partial charge is 0.495 e. The molecule has 0 spiro atoms. The third kappa shape index (κ3) is 5.06. The van der Waals surface area contributed by atoms with Crippen LogP contribution in [-0.4, -0.2) is 26.6 Å². The number of nitrogens with one attached hydrogen (secondary N) is 2. The van der Waals surface area contributed by atoms with E-state index in [1.165, 1.54) is 0 Å². The summed E-state index contributed by atoms with van der Waals surface area (Å²) in [5.41, 5.74) is 1.82. The summed E-state index contributed by atoms with van der Waals surface area (Å²) in [4.78, 5) is 11.5. The Bertz CT molecular complexity index is 370. The maximum Gasteiger partial charge on any atom is 0.225 e. The number of rotatable bonds is 5. The average molecular weight is 259 g/mol. The van der Waals surface area contributed by atoms with E-state index in [0.717, 1.165) is 5.56 Å². The second kappa shape index (κ2) is 7.92. The van der Waals surface area contributed by atoms with E-state index in [-0.39, 0.29) is 18.3 Å². The number of hydrogen-bond donors (Lipinski definition) is 2. The van der Waals surface area contributed by atoms with Crippen molar-refractivity contribution in [1.82, 2.24) is 5.32 Å². The van der Waals surface area contributed by atoms with Crippen molar-refractivity contribution in [1.29, 1.82) is 0 Å². The number of halogens is 1. The van der Waals surface area contributed by atoms with Crippen LogP contribution >= 0.6 is 12.4 Å². The normalized spacial score (nSPS) is 9.35. The number of methoxy groups -OCH3 is 1. The SMILES string of the molecule is CNCCC(=O)Nc1ccc(C)cc1OC.Cl. The zero-order chi connectivity index (χ0) is 12.0. The summed E-state index contributed by atoms with van der Waals surface area (Å²) < 4.78 is 5.20. The van der Waals surface area contributed by atoms with Gasteiger partial charge in [-0.1, -0.05) is 6.07 Å². The van der Waals surface area contributed by atoms with Gasteiger partial charge in [-0.25, -0.2) is 0 Å². The molecule has 5 heteroatoms. The molecule has 2 N–H and O–H groups in total. The smallest absolute Gasteiger partial charge is 0.225 e. The Morgan fingerprint density at radius 1 is 1.41 bits per heavy atom. The number of amides is 1. The highest BCUT2D eigenvalue weighted by atomic mass is 35.5. The molecule has 96 valence electrons. The van der Waals surface area contributed by atoms with Crippen LogP contribution in [0.15, 0.2) is 18.2 Å². The fraction of sp³-hybridized carbons (Fsp3) is 0.417. The standard InChI is InChI=1S/C12H18N2O2.ClH/c1-9-4-5-10(11(8-9)16-3)14-12(15)6-7-13-2;/h4-5,8,13H,6-7H2,1-3H3,(H,14,15);1H. The van der Waals surface area contributed by atoms with E-state index >= 15 is 0 Å². The van der Waals surface area contributed by atoms with Crippen molar-refractivity contribution in [2.75, 3.05) is 26.0 Å². The summed E-state index contributed by atoms with van der Waals surface area (Å²) in [6.45, 7) is 2.65. The summed E-state index contributed by atoms with van der Waals surface area (Å²) in [6.07, 6.45) is 0.452. The van der Waals surface area contributed by atoms with Gasteiger partial charge >= 0.3 is 0 Å². The molecule has 0 aliphatic heterocycles. The van der Waals surface area contributed by atoms with Crippen molar-refractivity contribution in [3.8, 4) is 5.75 Å². The molecular formula is C12H19ClN2O2. The summed E-state index contributed by atoms with van der Waals surface area (Å²) in [5, 5.41) is 5.75. The van der Waals surface area contributed by atoms with E-state index in [1.54, 1.807) is 7.11 Å². The number of carbonyl (C=O) groups excluding carboxylic acids is 1. The highest BCUT2D eigenvalue weighted by molar-refractivity contribution is 5.92. The van der Waals surface area contributed by atoms with Gasteiger partial charge in [0, 0.05) is 13.0 Å². The molecule has 0 radical (unpaired) electrons. The lowest BCUT2D eigenvalue weighted by Crippen LogP contribution is -2.19. The molecule has 1 rings (SSSR count). The van der Waals surface area contributed by atoms with Crippen LogP contribution < -0.4 is 15.4 Å². The van der Waals surface area contributed by atoms with Gasteiger partial charge in [0.05, 0.1) is 12.8 Å². The second-order valence-corrected chi connectivity index (χ2v) is 3.61. The molecule has 1 amide bonds. The monoisotopic (exact) mass is 258 g/mol. The van der Waals surface area contributed by atoms with Gasteiger partial charge in [-0.05, 0) is 31.7 Å². The molecule has 1 aromatic carbocycles. The molecule has 0 aliphatic carbocycles. The van der Waals surface area contributed by atoms with E-state index in [0.29, 0.717) is 24.4 Å². The summed E-state index contributed by atoms with van der Waals surface area (Å²) in [5.74, 6) is 0.675. The topological polar surface area (TPSA) is 50.4 Å². The van der Waals surface area contributed by atoms with E-state index in [2.05, 4.69) is 10.6 Å². The van der Waals surface area contributed by atoms with Crippen LogP contribution in [0.5, 0.6) is 5.75 Å². The third-order valence-electron chi connectivity index (χ3n) is 2.23. The number of ether oxygens (including phenoxy) is 1. The second-order valence-electron chi connectivity index (χ2n) is 3.61. The van der Waals surface area contributed by atoms with E-state index in [9.17, 15) is 4.79 Å². The molecule has 0 unspecified atom stereocenters. The van der Waals surface area contributed by atoms with Crippen molar-refractivity contribution in [3.05, 3.63) is 23.8 Å². The first-order valence-corrected chi connectivity index (χ1v) is 5.26. The van der Waals surface area contributed by atoms with Gasteiger partial charge in [-0.2, -0.15) is 0 Å².